The Morgan fingerprint density at radius 1 is 1.29 bits per heavy atom. The molecule has 8 heteroatoms. The fourth-order valence-corrected chi connectivity index (χ4v) is 2.60. The molecule has 2 aromatic heterocycles. The Kier molecular flexibility index (Phi) is 4.83. The van der Waals surface area contributed by atoms with E-state index in [1.165, 1.54) is 18.3 Å². The number of hydrogen-bond donors (Lipinski definition) is 1. The Labute approximate surface area is 139 Å². The molecule has 1 amide bonds. The number of amides is 1. The highest BCUT2D eigenvalue weighted by Crippen LogP contribution is 2.20. The normalized spacial score (nSPS) is 15.3. The SMILES string of the molecule is CC1CCN(c2ncc(NC(=O)Cn3ncccc3=O)cn2)CC1. The van der Waals surface area contributed by atoms with Gasteiger partial charge in [-0.1, -0.05) is 6.92 Å². The topological polar surface area (TPSA) is 93.0 Å². The van der Waals surface area contributed by atoms with Crippen molar-refractivity contribution < 1.29 is 4.79 Å². The second kappa shape index (κ2) is 7.20. The zero-order valence-corrected chi connectivity index (χ0v) is 13.6. The zero-order chi connectivity index (χ0) is 16.9. The Balaban J connectivity index is 1.59. The lowest BCUT2D eigenvalue weighted by Gasteiger charge is -2.30. The van der Waals surface area contributed by atoms with E-state index < -0.39 is 0 Å². The van der Waals surface area contributed by atoms with Crippen molar-refractivity contribution in [3.63, 3.8) is 0 Å². The molecule has 0 saturated carbocycles. The summed E-state index contributed by atoms with van der Waals surface area (Å²) in [7, 11) is 0. The number of nitrogens with zero attached hydrogens (tertiary/aromatic N) is 5. The Hall–Kier alpha value is -2.77. The lowest BCUT2D eigenvalue weighted by atomic mass is 10.00. The molecular formula is C16H20N6O2. The summed E-state index contributed by atoms with van der Waals surface area (Å²) in [6.07, 6.45) is 6.91. The van der Waals surface area contributed by atoms with Crippen LogP contribution in [0.15, 0.2) is 35.5 Å². The second-order valence-corrected chi connectivity index (χ2v) is 6.01. The first-order valence-electron chi connectivity index (χ1n) is 8.01. The van der Waals surface area contributed by atoms with Crippen LogP contribution in [0.25, 0.3) is 0 Å². The number of nitrogens with one attached hydrogen (secondary N) is 1. The summed E-state index contributed by atoms with van der Waals surface area (Å²) in [6.45, 7) is 4.01. The van der Waals surface area contributed by atoms with Gasteiger partial charge in [0.1, 0.15) is 6.54 Å². The molecular weight excluding hydrogens is 308 g/mol. The van der Waals surface area contributed by atoms with E-state index >= 15 is 0 Å². The predicted molar refractivity (Wildman–Crippen MR) is 89.8 cm³/mol. The largest absolute Gasteiger partial charge is 0.341 e. The van der Waals surface area contributed by atoms with Gasteiger partial charge in [0.15, 0.2) is 0 Å². The van der Waals surface area contributed by atoms with Crippen molar-refractivity contribution in [1.29, 1.82) is 0 Å². The molecule has 126 valence electrons. The summed E-state index contributed by atoms with van der Waals surface area (Å²) in [4.78, 5) is 34.3. The van der Waals surface area contributed by atoms with E-state index in [9.17, 15) is 9.59 Å². The Morgan fingerprint density at radius 3 is 2.67 bits per heavy atom. The minimum atomic E-state index is -0.348. The molecule has 1 fully saturated rings. The van der Waals surface area contributed by atoms with Gasteiger partial charge in [0.2, 0.25) is 11.9 Å². The van der Waals surface area contributed by atoms with Crippen LogP contribution in [0.1, 0.15) is 19.8 Å². The van der Waals surface area contributed by atoms with E-state index in [1.807, 2.05) is 0 Å². The zero-order valence-electron chi connectivity index (χ0n) is 13.6. The van der Waals surface area contributed by atoms with E-state index in [4.69, 9.17) is 0 Å². The molecule has 0 spiro atoms. The molecule has 0 bridgehead atoms. The molecule has 3 heterocycles. The molecule has 24 heavy (non-hydrogen) atoms. The van der Waals surface area contributed by atoms with Gasteiger partial charge >= 0.3 is 0 Å². The number of anilines is 2. The van der Waals surface area contributed by atoms with Gasteiger partial charge in [-0.25, -0.2) is 14.6 Å². The van der Waals surface area contributed by atoms with Crippen molar-refractivity contribution in [3.8, 4) is 0 Å². The van der Waals surface area contributed by atoms with Crippen LogP contribution in [0.3, 0.4) is 0 Å². The first-order chi connectivity index (χ1) is 11.6. The lowest BCUT2D eigenvalue weighted by molar-refractivity contribution is -0.117. The number of carbonyl (C=O) groups is 1. The maximum absolute atomic E-state index is 12.0. The third-order valence-electron chi connectivity index (χ3n) is 4.07. The quantitative estimate of drug-likeness (QED) is 0.897. The summed E-state index contributed by atoms with van der Waals surface area (Å²) >= 11 is 0. The molecule has 1 saturated heterocycles. The van der Waals surface area contributed by atoms with Crippen molar-refractivity contribution in [2.45, 2.75) is 26.3 Å². The van der Waals surface area contributed by atoms with Gasteiger partial charge in [-0.15, -0.1) is 0 Å². The Morgan fingerprint density at radius 2 is 2.00 bits per heavy atom. The van der Waals surface area contributed by atoms with Crippen molar-refractivity contribution in [2.75, 3.05) is 23.3 Å². The maximum atomic E-state index is 12.0. The monoisotopic (exact) mass is 328 g/mol. The summed E-state index contributed by atoms with van der Waals surface area (Å²) in [5.74, 6) is 1.08. The third kappa shape index (κ3) is 3.95. The minimum Gasteiger partial charge on any atom is -0.341 e. The van der Waals surface area contributed by atoms with Gasteiger partial charge in [-0.3, -0.25) is 9.59 Å². The average molecular weight is 328 g/mol. The fourth-order valence-electron chi connectivity index (χ4n) is 2.60. The molecule has 2 aromatic rings. The molecule has 8 nitrogen and oxygen atoms in total. The van der Waals surface area contributed by atoms with Crippen molar-refractivity contribution in [1.82, 2.24) is 19.7 Å². The van der Waals surface area contributed by atoms with Crippen LogP contribution in [0.5, 0.6) is 0 Å². The average Bonchev–Trinajstić information content (AvgIpc) is 2.58. The van der Waals surface area contributed by atoms with Gasteiger partial charge in [-0.05, 0) is 24.8 Å². The van der Waals surface area contributed by atoms with Gasteiger partial charge in [-0.2, -0.15) is 5.10 Å². The van der Waals surface area contributed by atoms with Crippen LogP contribution in [0.4, 0.5) is 11.6 Å². The second-order valence-electron chi connectivity index (χ2n) is 6.01. The van der Waals surface area contributed by atoms with Crippen LogP contribution in [0.2, 0.25) is 0 Å². The van der Waals surface area contributed by atoms with E-state index in [0.717, 1.165) is 36.5 Å². The third-order valence-corrected chi connectivity index (χ3v) is 4.07. The van der Waals surface area contributed by atoms with Crippen molar-refractivity contribution >= 4 is 17.5 Å². The number of hydrogen-bond acceptors (Lipinski definition) is 6. The summed E-state index contributed by atoms with van der Waals surface area (Å²) in [5, 5.41) is 6.52. The van der Waals surface area contributed by atoms with Gasteiger partial charge in [0.05, 0.1) is 18.1 Å². The summed E-state index contributed by atoms with van der Waals surface area (Å²) < 4.78 is 1.10. The van der Waals surface area contributed by atoms with Gasteiger partial charge in [0.25, 0.3) is 5.56 Å². The Bertz CT molecular complexity index is 750. The molecule has 0 aliphatic carbocycles. The molecule has 0 aromatic carbocycles. The molecule has 1 N–H and O–H groups in total. The predicted octanol–water partition coefficient (Wildman–Crippen LogP) is 0.908. The molecule has 3 rings (SSSR count). The van der Waals surface area contributed by atoms with E-state index in [0.29, 0.717) is 11.6 Å². The number of rotatable bonds is 4. The van der Waals surface area contributed by atoms with E-state index in [2.05, 4.69) is 32.2 Å². The van der Waals surface area contributed by atoms with Crippen LogP contribution < -0.4 is 15.8 Å². The molecule has 0 radical (unpaired) electrons. The highest BCUT2D eigenvalue weighted by molar-refractivity contribution is 5.90. The smallest absolute Gasteiger partial charge is 0.267 e. The molecule has 0 atom stereocenters. The van der Waals surface area contributed by atoms with E-state index in [1.54, 1.807) is 12.4 Å². The summed E-state index contributed by atoms with van der Waals surface area (Å²) in [6, 6.07) is 2.89. The number of aromatic nitrogens is 4. The molecule has 0 unspecified atom stereocenters. The van der Waals surface area contributed by atoms with Gasteiger partial charge in [0, 0.05) is 25.4 Å². The maximum Gasteiger partial charge on any atom is 0.267 e. The van der Waals surface area contributed by atoms with Crippen LogP contribution in [0, 0.1) is 5.92 Å². The van der Waals surface area contributed by atoms with Gasteiger partial charge < -0.3 is 10.2 Å². The van der Waals surface area contributed by atoms with Crippen LogP contribution >= 0.6 is 0 Å². The number of carbonyl (C=O) groups excluding carboxylic acids is 1. The first kappa shape index (κ1) is 16.1. The lowest BCUT2D eigenvalue weighted by Crippen LogP contribution is -2.34. The summed E-state index contributed by atoms with van der Waals surface area (Å²) in [5.41, 5.74) is 0.177. The fraction of sp³-hybridized carbons (Fsp3) is 0.438. The molecule has 1 aliphatic rings. The standard InChI is InChI=1S/C16H20N6O2/c1-12-4-7-21(8-5-12)16-17-9-13(10-18-16)20-14(23)11-22-15(24)3-2-6-19-22/h2-3,6,9-10,12H,4-5,7-8,11H2,1H3,(H,20,23). The van der Waals surface area contributed by atoms with Crippen LogP contribution in [-0.2, 0) is 11.3 Å². The highest BCUT2D eigenvalue weighted by atomic mass is 16.2. The minimum absolute atomic E-state index is 0.147. The highest BCUT2D eigenvalue weighted by Gasteiger charge is 2.17. The van der Waals surface area contributed by atoms with Crippen LogP contribution in [-0.4, -0.2) is 38.7 Å². The first-order valence-corrected chi connectivity index (χ1v) is 8.01. The molecule has 1 aliphatic heterocycles. The van der Waals surface area contributed by atoms with Crippen molar-refractivity contribution in [2.24, 2.45) is 5.92 Å². The van der Waals surface area contributed by atoms with Crippen molar-refractivity contribution in [3.05, 3.63) is 41.1 Å². The number of piperidine rings is 1. The van der Waals surface area contributed by atoms with E-state index in [-0.39, 0.29) is 18.0 Å².